The number of hydrogen-bond acceptors (Lipinski definition) is 3. The number of ether oxygens (including phenoxy) is 1. The first kappa shape index (κ1) is 13.3. The summed E-state index contributed by atoms with van der Waals surface area (Å²) in [4.78, 5) is 11.0. The monoisotopic (exact) mass is 260 g/mol. The number of rotatable bonds is 5. The van der Waals surface area contributed by atoms with E-state index in [-0.39, 0.29) is 5.56 Å². The molecule has 0 unspecified atom stereocenters. The van der Waals surface area contributed by atoms with Crippen LogP contribution in [0.1, 0.15) is 28.5 Å². The van der Waals surface area contributed by atoms with Crippen molar-refractivity contribution in [1.82, 2.24) is 9.78 Å². The Labute approximate surface area is 111 Å². The lowest BCUT2D eigenvalue weighted by Crippen LogP contribution is -2.02. The quantitative estimate of drug-likeness (QED) is 0.896. The van der Waals surface area contributed by atoms with Gasteiger partial charge in [-0.3, -0.25) is 0 Å². The minimum atomic E-state index is -0.961. The van der Waals surface area contributed by atoms with E-state index in [0.29, 0.717) is 18.9 Å². The number of benzene rings is 1. The van der Waals surface area contributed by atoms with Gasteiger partial charge in [-0.15, -0.1) is 0 Å². The van der Waals surface area contributed by atoms with Crippen molar-refractivity contribution in [3.05, 3.63) is 47.3 Å². The fourth-order valence-corrected chi connectivity index (χ4v) is 1.83. The zero-order valence-corrected chi connectivity index (χ0v) is 11.0. The zero-order chi connectivity index (χ0) is 13.8. The third-order valence-corrected chi connectivity index (χ3v) is 2.89. The van der Waals surface area contributed by atoms with E-state index in [1.54, 1.807) is 11.6 Å². The van der Waals surface area contributed by atoms with Gasteiger partial charge in [-0.2, -0.15) is 5.10 Å². The molecule has 0 atom stereocenters. The topological polar surface area (TPSA) is 64.4 Å². The molecule has 19 heavy (non-hydrogen) atoms. The van der Waals surface area contributed by atoms with E-state index in [1.807, 2.05) is 31.2 Å². The molecule has 1 heterocycles. The number of nitrogens with zero attached hydrogens (tertiary/aromatic N) is 2. The van der Waals surface area contributed by atoms with Gasteiger partial charge < -0.3 is 9.84 Å². The van der Waals surface area contributed by atoms with Crippen LogP contribution in [-0.4, -0.2) is 27.5 Å². The van der Waals surface area contributed by atoms with Gasteiger partial charge in [0.15, 0.2) is 0 Å². The SMILES string of the molecule is CCOCc1ccc(-n2ncc(C(=O)O)c2C)cc1. The van der Waals surface area contributed by atoms with Crippen LogP contribution in [-0.2, 0) is 11.3 Å². The maximum absolute atomic E-state index is 11.0. The maximum Gasteiger partial charge on any atom is 0.339 e. The van der Waals surface area contributed by atoms with E-state index >= 15 is 0 Å². The Morgan fingerprint density at radius 2 is 2.05 bits per heavy atom. The third kappa shape index (κ3) is 2.82. The van der Waals surface area contributed by atoms with E-state index in [4.69, 9.17) is 9.84 Å². The van der Waals surface area contributed by atoms with E-state index in [1.165, 1.54) is 6.20 Å². The van der Waals surface area contributed by atoms with Gasteiger partial charge in [0.25, 0.3) is 0 Å². The second-order valence-corrected chi connectivity index (χ2v) is 4.16. The van der Waals surface area contributed by atoms with Gasteiger partial charge >= 0.3 is 5.97 Å². The second-order valence-electron chi connectivity index (χ2n) is 4.16. The van der Waals surface area contributed by atoms with Gasteiger partial charge in [0.05, 0.1) is 24.2 Å². The molecule has 0 spiro atoms. The minimum Gasteiger partial charge on any atom is -0.478 e. The maximum atomic E-state index is 11.0. The molecule has 1 N–H and O–H groups in total. The molecule has 0 aliphatic heterocycles. The molecule has 1 aromatic heterocycles. The standard InChI is InChI=1S/C14H16N2O3/c1-3-19-9-11-4-6-12(7-5-11)16-10(2)13(8-15-16)14(17)18/h4-8H,3,9H2,1-2H3,(H,17,18). The molecule has 0 amide bonds. The van der Waals surface area contributed by atoms with Crippen molar-refractivity contribution in [2.24, 2.45) is 0 Å². The lowest BCUT2D eigenvalue weighted by Gasteiger charge is -2.06. The lowest BCUT2D eigenvalue weighted by molar-refractivity contribution is 0.0696. The molecule has 0 saturated heterocycles. The van der Waals surface area contributed by atoms with Crippen molar-refractivity contribution in [3.8, 4) is 5.69 Å². The van der Waals surface area contributed by atoms with Gasteiger partial charge in [0.2, 0.25) is 0 Å². The Balaban J connectivity index is 2.25. The summed E-state index contributed by atoms with van der Waals surface area (Å²) in [7, 11) is 0. The highest BCUT2D eigenvalue weighted by molar-refractivity contribution is 5.88. The summed E-state index contributed by atoms with van der Waals surface area (Å²) in [5, 5.41) is 13.1. The first-order chi connectivity index (χ1) is 9.13. The Hall–Kier alpha value is -2.14. The number of aromatic carboxylic acids is 1. The van der Waals surface area contributed by atoms with Crippen LogP contribution in [0.25, 0.3) is 5.69 Å². The average Bonchev–Trinajstić information content (AvgIpc) is 2.79. The van der Waals surface area contributed by atoms with E-state index in [9.17, 15) is 4.79 Å². The molecule has 1 aromatic carbocycles. The third-order valence-electron chi connectivity index (χ3n) is 2.89. The van der Waals surface area contributed by atoms with E-state index in [2.05, 4.69) is 5.10 Å². The summed E-state index contributed by atoms with van der Waals surface area (Å²) in [6.07, 6.45) is 1.37. The molecule has 0 aliphatic carbocycles. The molecular weight excluding hydrogens is 244 g/mol. The lowest BCUT2D eigenvalue weighted by atomic mass is 10.2. The number of aromatic nitrogens is 2. The molecule has 2 aromatic rings. The second kappa shape index (κ2) is 5.67. The first-order valence-electron chi connectivity index (χ1n) is 6.08. The Morgan fingerprint density at radius 3 is 2.58 bits per heavy atom. The van der Waals surface area contributed by atoms with Gasteiger partial charge in [-0.1, -0.05) is 12.1 Å². The molecule has 0 radical (unpaired) electrons. The van der Waals surface area contributed by atoms with Gasteiger partial charge in [-0.05, 0) is 31.5 Å². The van der Waals surface area contributed by atoms with Crippen molar-refractivity contribution in [2.75, 3.05) is 6.61 Å². The van der Waals surface area contributed by atoms with E-state index < -0.39 is 5.97 Å². The normalized spacial score (nSPS) is 10.6. The fraction of sp³-hybridized carbons (Fsp3) is 0.286. The van der Waals surface area contributed by atoms with Crippen molar-refractivity contribution >= 4 is 5.97 Å². The van der Waals surface area contributed by atoms with Crippen LogP contribution in [0.15, 0.2) is 30.5 Å². The smallest absolute Gasteiger partial charge is 0.339 e. The predicted molar refractivity (Wildman–Crippen MR) is 70.6 cm³/mol. The summed E-state index contributed by atoms with van der Waals surface area (Å²) in [5.41, 5.74) is 2.75. The summed E-state index contributed by atoms with van der Waals surface area (Å²) in [5.74, 6) is -0.961. The Morgan fingerprint density at radius 1 is 1.37 bits per heavy atom. The number of carboxylic acid groups (broad SMARTS) is 1. The fourth-order valence-electron chi connectivity index (χ4n) is 1.83. The molecule has 5 heteroatoms. The van der Waals surface area contributed by atoms with Gasteiger partial charge in [0, 0.05) is 6.61 Å². The predicted octanol–water partition coefficient (Wildman–Crippen LogP) is 2.42. The van der Waals surface area contributed by atoms with Crippen LogP contribution < -0.4 is 0 Å². The summed E-state index contributed by atoms with van der Waals surface area (Å²) < 4.78 is 6.94. The van der Waals surface area contributed by atoms with Gasteiger partial charge in [0.1, 0.15) is 5.56 Å². The Kier molecular flexibility index (Phi) is 3.97. The number of hydrogen-bond donors (Lipinski definition) is 1. The molecule has 5 nitrogen and oxygen atoms in total. The average molecular weight is 260 g/mol. The van der Waals surface area contributed by atoms with Crippen LogP contribution >= 0.6 is 0 Å². The molecule has 2 rings (SSSR count). The highest BCUT2D eigenvalue weighted by Crippen LogP contribution is 2.15. The molecule has 100 valence electrons. The van der Waals surface area contributed by atoms with Crippen molar-refractivity contribution in [1.29, 1.82) is 0 Å². The molecular formula is C14H16N2O3. The minimum absolute atomic E-state index is 0.221. The summed E-state index contributed by atoms with van der Waals surface area (Å²) in [6.45, 7) is 4.96. The molecule has 0 bridgehead atoms. The zero-order valence-electron chi connectivity index (χ0n) is 11.0. The van der Waals surface area contributed by atoms with Crippen molar-refractivity contribution < 1.29 is 14.6 Å². The molecule has 0 saturated carbocycles. The number of carbonyl (C=O) groups is 1. The van der Waals surface area contributed by atoms with Crippen LogP contribution in [0.4, 0.5) is 0 Å². The van der Waals surface area contributed by atoms with Gasteiger partial charge in [-0.25, -0.2) is 9.48 Å². The largest absolute Gasteiger partial charge is 0.478 e. The van der Waals surface area contributed by atoms with Crippen LogP contribution in [0.2, 0.25) is 0 Å². The molecule has 0 fully saturated rings. The summed E-state index contributed by atoms with van der Waals surface area (Å²) >= 11 is 0. The van der Waals surface area contributed by atoms with E-state index in [0.717, 1.165) is 11.3 Å². The highest BCUT2D eigenvalue weighted by Gasteiger charge is 2.13. The molecule has 0 aliphatic rings. The van der Waals surface area contributed by atoms with Crippen LogP contribution in [0, 0.1) is 6.92 Å². The highest BCUT2D eigenvalue weighted by atomic mass is 16.5. The van der Waals surface area contributed by atoms with Crippen LogP contribution in [0.3, 0.4) is 0 Å². The van der Waals surface area contributed by atoms with Crippen LogP contribution in [0.5, 0.6) is 0 Å². The Bertz CT molecular complexity index is 573. The van der Waals surface area contributed by atoms with Crippen molar-refractivity contribution in [3.63, 3.8) is 0 Å². The van der Waals surface area contributed by atoms with Crippen molar-refractivity contribution in [2.45, 2.75) is 20.5 Å². The first-order valence-corrected chi connectivity index (χ1v) is 6.08. The number of carboxylic acids is 1. The summed E-state index contributed by atoms with van der Waals surface area (Å²) in [6, 6.07) is 7.71.